The second-order valence-electron chi connectivity index (χ2n) is 13.2. The molecular formula is C35H36BrN9O4. The summed E-state index contributed by atoms with van der Waals surface area (Å²) in [6, 6.07) is 6.41. The van der Waals surface area contributed by atoms with Crippen LogP contribution < -0.4 is 16.4 Å². The maximum atomic E-state index is 14.4. The maximum Gasteiger partial charge on any atom is 0.269 e. The van der Waals surface area contributed by atoms with Crippen molar-refractivity contribution in [2.24, 2.45) is 11.1 Å². The molecule has 1 saturated carbocycles. The number of nitrogens with two attached hydrogens (primary N) is 1. The summed E-state index contributed by atoms with van der Waals surface area (Å²) in [6.07, 6.45) is 10.8. The van der Waals surface area contributed by atoms with E-state index < -0.39 is 17.4 Å². The summed E-state index contributed by atoms with van der Waals surface area (Å²) in [5.41, 5.74) is 9.24. The summed E-state index contributed by atoms with van der Waals surface area (Å²) in [5.74, 6) is -0.409. The Balaban J connectivity index is 1.30. The van der Waals surface area contributed by atoms with Gasteiger partial charge in [-0.15, -0.1) is 0 Å². The number of rotatable bonds is 4. The van der Waals surface area contributed by atoms with Crippen molar-refractivity contribution in [3.05, 3.63) is 76.1 Å². The molecule has 14 heteroatoms. The molecule has 2 fully saturated rings. The third kappa shape index (κ3) is 6.32. The molecule has 1 aromatic carbocycles. The largest absolute Gasteiger partial charge is 0.364 e. The number of aryl methyl sites for hydroxylation is 2. The topological polar surface area (TPSA) is 178 Å². The summed E-state index contributed by atoms with van der Waals surface area (Å²) in [5, 5.41) is 11.1. The van der Waals surface area contributed by atoms with Crippen LogP contribution in [0.4, 0.5) is 5.82 Å². The van der Waals surface area contributed by atoms with E-state index in [0.717, 1.165) is 22.3 Å². The van der Waals surface area contributed by atoms with Crippen LogP contribution in [0.25, 0.3) is 22.0 Å². The highest BCUT2D eigenvalue weighted by molar-refractivity contribution is 9.10. The predicted octanol–water partition coefficient (Wildman–Crippen LogP) is 3.76. The number of hydrogen-bond acceptors (Lipinski definition) is 8. The van der Waals surface area contributed by atoms with Crippen LogP contribution in [-0.2, 0) is 27.3 Å². The van der Waals surface area contributed by atoms with Crippen molar-refractivity contribution in [3.63, 3.8) is 0 Å². The first-order chi connectivity index (χ1) is 23.5. The van der Waals surface area contributed by atoms with Crippen molar-refractivity contribution >= 4 is 56.3 Å². The minimum absolute atomic E-state index is 0.0488. The first kappa shape index (κ1) is 32.6. The van der Waals surface area contributed by atoms with Gasteiger partial charge in [0.25, 0.3) is 5.91 Å². The molecule has 13 nitrogen and oxygen atoms in total. The summed E-state index contributed by atoms with van der Waals surface area (Å²) in [6.45, 7) is 3.81. The fraction of sp³-hybridized carbons (Fsp3) is 0.371. The van der Waals surface area contributed by atoms with Crippen LogP contribution in [0.3, 0.4) is 0 Å². The number of hydrogen-bond donors (Lipinski definition) is 3. The van der Waals surface area contributed by atoms with Gasteiger partial charge in [0.2, 0.25) is 17.7 Å². The van der Waals surface area contributed by atoms with E-state index in [9.17, 15) is 19.2 Å². The number of allylic oxidation sites excluding steroid dienone is 2. The number of pyridine rings is 1. The number of carbonyl (C=O) groups excluding carboxylic acids is 4. The maximum absolute atomic E-state index is 14.4. The quantitative estimate of drug-likeness (QED) is 0.210. The molecule has 252 valence electrons. The fourth-order valence-electron chi connectivity index (χ4n) is 7.15. The van der Waals surface area contributed by atoms with Gasteiger partial charge in [0.1, 0.15) is 28.8 Å². The number of nitrogens with one attached hydrogen (secondary N) is 2. The molecule has 7 rings (SSSR count). The van der Waals surface area contributed by atoms with Crippen molar-refractivity contribution in [2.45, 2.75) is 71.0 Å². The number of piperidine rings is 1. The molecule has 3 atom stereocenters. The van der Waals surface area contributed by atoms with Crippen LogP contribution in [0, 0.1) is 19.3 Å². The molecule has 2 bridgehead atoms. The van der Waals surface area contributed by atoms with Gasteiger partial charge in [-0.1, -0.05) is 18.2 Å². The Labute approximate surface area is 290 Å². The molecular weight excluding hydrogens is 690 g/mol. The summed E-state index contributed by atoms with van der Waals surface area (Å²) in [7, 11) is 0. The highest BCUT2D eigenvalue weighted by Crippen LogP contribution is 2.59. The van der Waals surface area contributed by atoms with Crippen molar-refractivity contribution in [1.82, 2.24) is 34.9 Å². The van der Waals surface area contributed by atoms with E-state index in [-0.39, 0.29) is 36.0 Å². The molecule has 4 N–H and O–H groups in total. The predicted molar refractivity (Wildman–Crippen MR) is 185 cm³/mol. The monoisotopic (exact) mass is 725 g/mol. The average molecular weight is 727 g/mol. The van der Waals surface area contributed by atoms with Crippen LogP contribution in [0.15, 0.2) is 53.4 Å². The molecule has 3 aliphatic rings. The Morgan fingerprint density at radius 2 is 1.88 bits per heavy atom. The van der Waals surface area contributed by atoms with Crippen molar-refractivity contribution in [3.8, 4) is 11.1 Å². The molecule has 2 aliphatic heterocycles. The Kier molecular flexibility index (Phi) is 8.51. The van der Waals surface area contributed by atoms with Gasteiger partial charge in [0.05, 0.1) is 5.52 Å². The molecule has 5 heterocycles. The van der Waals surface area contributed by atoms with Gasteiger partial charge in [0, 0.05) is 47.8 Å². The summed E-state index contributed by atoms with van der Waals surface area (Å²) >= 11 is 3.37. The minimum atomic E-state index is -0.796. The molecule has 0 radical (unpaired) electrons. The minimum Gasteiger partial charge on any atom is -0.364 e. The Morgan fingerprint density at radius 1 is 1.08 bits per heavy atom. The van der Waals surface area contributed by atoms with Gasteiger partial charge in [-0.2, -0.15) is 5.10 Å². The lowest BCUT2D eigenvalue weighted by molar-refractivity contribution is -0.138. The molecule has 0 unspecified atom stereocenters. The highest BCUT2D eigenvalue weighted by Gasteiger charge is 2.67. The lowest BCUT2D eigenvalue weighted by Crippen LogP contribution is -2.47. The molecule has 4 amide bonds. The van der Waals surface area contributed by atoms with Crippen molar-refractivity contribution < 1.29 is 19.2 Å². The number of nitrogens with zero attached hydrogens (tertiary/aromatic N) is 6. The SMILES string of the molecule is Cc1ncc(-c2cc3c4c(c2)c(C(N)=O)nn4CC(=O)N2[C@H](C(=O)Nc4nc(Br)ccc4C)C[C@@]4(CNC(=O)CCC/C=C\C3)C[C@@H]24)cn1. The van der Waals surface area contributed by atoms with Crippen LogP contribution in [0.5, 0.6) is 0 Å². The lowest BCUT2D eigenvalue weighted by atomic mass is 9.98. The van der Waals surface area contributed by atoms with E-state index in [1.807, 2.05) is 37.3 Å². The number of halogens is 1. The first-order valence-electron chi connectivity index (χ1n) is 16.3. The zero-order valence-electron chi connectivity index (χ0n) is 27.2. The van der Waals surface area contributed by atoms with Crippen LogP contribution >= 0.6 is 15.9 Å². The second kappa shape index (κ2) is 12.8. The van der Waals surface area contributed by atoms with Gasteiger partial charge < -0.3 is 21.3 Å². The highest BCUT2D eigenvalue weighted by atomic mass is 79.9. The summed E-state index contributed by atoms with van der Waals surface area (Å²) in [4.78, 5) is 68.6. The van der Waals surface area contributed by atoms with Crippen LogP contribution in [0.1, 0.15) is 59.5 Å². The third-order valence-electron chi connectivity index (χ3n) is 9.79. The molecule has 1 aliphatic carbocycles. The fourth-order valence-corrected chi connectivity index (χ4v) is 7.46. The van der Waals surface area contributed by atoms with E-state index in [1.54, 1.807) is 30.3 Å². The molecule has 0 spiro atoms. The van der Waals surface area contributed by atoms with E-state index >= 15 is 0 Å². The molecule has 4 aromatic rings. The van der Waals surface area contributed by atoms with E-state index in [0.29, 0.717) is 72.2 Å². The standard InChI is InChI=1S/C35H36BrN9O4/c1-19-9-10-27(36)41-33(19)42-34(49)25-13-35-14-26(35)45(25)29(47)17-44-31-21(7-5-3-4-6-8-28(46)40-18-35)11-22(23-15-38-20(2)39-16-23)12-24(31)30(43-44)32(37)48/h3,5,9-12,15-16,25-26H,4,6-8,13-14,17-18H2,1-2H3,(H2,37,48)(H,40,46)(H,41,42,49)/b5-3-/t25-,26+,35-/m0/s1. The number of anilines is 1. The first-order valence-corrected chi connectivity index (χ1v) is 17.1. The summed E-state index contributed by atoms with van der Waals surface area (Å²) < 4.78 is 2.11. The van der Waals surface area contributed by atoms with Gasteiger partial charge in [0.15, 0.2) is 5.69 Å². The van der Waals surface area contributed by atoms with E-state index in [2.05, 4.69) is 46.6 Å². The molecule has 1 saturated heterocycles. The third-order valence-corrected chi connectivity index (χ3v) is 10.2. The Bertz CT molecular complexity index is 2040. The number of carbonyl (C=O) groups is 4. The van der Waals surface area contributed by atoms with E-state index in [1.165, 1.54) is 4.68 Å². The van der Waals surface area contributed by atoms with Gasteiger partial charge in [-0.3, -0.25) is 23.9 Å². The second-order valence-corrected chi connectivity index (χ2v) is 14.0. The zero-order valence-corrected chi connectivity index (χ0v) is 28.8. The van der Waals surface area contributed by atoms with Crippen molar-refractivity contribution in [2.75, 3.05) is 11.9 Å². The van der Waals surface area contributed by atoms with Crippen molar-refractivity contribution in [1.29, 1.82) is 0 Å². The smallest absolute Gasteiger partial charge is 0.269 e. The number of benzene rings is 1. The number of aromatic nitrogens is 5. The normalized spacial score (nSPS) is 23.0. The number of amides is 4. The lowest BCUT2D eigenvalue weighted by Gasteiger charge is -2.27. The molecule has 3 aromatic heterocycles. The number of primary amides is 1. The van der Waals surface area contributed by atoms with Crippen LogP contribution in [0.2, 0.25) is 0 Å². The average Bonchev–Trinajstić information content (AvgIpc) is 3.48. The van der Waals surface area contributed by atoms with E-state index in [4.69, 9.17) is 5.73 Å². The van der Waals surface area contributed by atoms with Gasteiger partial charge >= 0.3 is 0 Å². The van der Waals surface area contributed by atoms with Gasteiger partial charge in [-0.25, -0.2) is 15.0 Å². The zero-order chi connectivity index (χ0) is 34.4. The van der Waals surface area contributed by atoms with Gasteiger partial charge in [-0.05, 0) is 96.8 Å². The Morgan fingerprint density at radius 3 is 2.65 bits per heavy atom. The Hall–Kier alpha value is -4.98. The van der Waals surface area contributed by atoms with Crippen LogP contribution in [-0.4, -0.2) is 71.9 Å². The molecule has 49 heavy (non-hydrogen) atoms.